The molecule has 230 valence electrons. The molecule has 8 nitrogen and oxygen atoms in total. The molecule has 2 amide bonds. The van der Waals surface area contributed by atoms with Crippen molar-refractivity contribution in [1.82, 2.24) is 16.0 Å². The largest absolute Gasteiger partial charge is 0.497 e. The summed E-state index contributed by atoms with van der Waals surface area (Å²) in [5.74, 6) is 0.815. The molecule has 0 aliphatic carbocycles. The minimum Gasteiger partial charge on any atom is -0.497 e. The van der Waals surface area contributed by atoms with Crippen LogP contribution in [0.15, 0.2) is 103 Å². The Morgan fingerprint density at radius 2 is 1.32 bits per heavy atom. The van der Waals surface area contributed by atoms with Gasteiger partial charge in [-0.3, -0.25) is 9.59 Å². The molecule has 0 saturated heterocycles. The monoisotopic (exact) mass is 595 g/mol. The highest BCUT2D eigenvalue weighted by molar-refractivity contribution is 5.99. The average molecular weight is 596 g/mol. The van der Waals surface area contributed by atoms with E-state index in [0.717, 1.165) is 22.4 Å². The summed E-state index contributed by atoms with van der Waals surface area (Å²) in [5, 5.41) is 20.6. The third kappa shape index (κ3) is 8.92. The molecule has 4 aromatic carbocycles. The molecule has 4 N–H and O–H groups in total. The zero-order valence-electron chi connectivity index (χ0n) is 25.6. The van der Waals surface area contributed by atoms with Crippen molar-refractivity contribution in [3.8, 4) is 11.5 Å². The molecule has 0 bridgehead atoms. The normalized spacial score (nSPS) is 13.7. The molecular weight excluding hydrogens is 554 g/mol. The molecule has 0 radical (unpaired) electrons. The van der Waals surface area contributed by atoms with Crippen molar-refractivity contribution in [3.05, 3.63) is 131 Å². The van der Waals surface area contributed by atoms with Crippen molar-refractivity contribution in [3.63, 3.8) is 0 Å². The highest BCUT2D eigenvalue weighted by Gasteiger charge is 2.24. The van der Waals surface area contributed by atoms with Gasteiger partial charge in [0.15, 0.2) is 0 Å². The third-order valence-electron chi connectivity index (χ3n) is 7.66. The van der Waals surface area contributed by atoms with Gasteiger partial charge in [0.05, 0.1) is 32.4 Å². The molecule has 0 aliphatic rings. The van der Waals surface area contributed by atoms with Crippen LogP contribution in [0.25, 0.3) is 0 Å². The molecule has 4 aromatic rings. The van der Waals surface area contributed by atoms with E-state index in [1.54, 1.807) is 38.5 Å². The number of benzene rings is 4. The summed E-state index contributed by atoms with van der Waals surface area (Å²) in [4.78, 5) is 26.6. The Balaban J connectivity index is 1.43. The summed E-state index contributed by atoms with van der Waals surface area (Å²) in [6.45, 7) is 4.17. The van der Waals surface area contributed by atoms with Crippen LogP contribution in [0.4, 0.5) is 0 Å². The Bertz CT molecular complexity index is 1510. The summed E-state index contributed by atoms with van der Waals surface area (Å²) in [6, 6.07) is 30.7. The van der Waals surface area contributed by atoms with Crippen LogP contribution < -0.4 is 25.4 Å². The van der Waals surface area contributed by atoms with Crippen molar-refractivity contribution in [2.75, 3.05) is 20.8 Å². The average Bonchev–Trinajstić information content (AvgIpc) is 3.07. The van der Waals surface area contributed by atoms with Gasteiger partial charge >= 0.3 is 0 Å². The standard InChI is InChI=1S/C36H41N3O5/c1-24(27-16-18-31(43-3)19-17-27)37-23-34(40)33(20-26-10-6-5-7-11-26)39-36(42)30-14-8-13-29(21-30)35(41)38-25(2)28-12-9-15-32(22-28)44-4/h5-19,21-22,24-25,33-34,37,40H,20,23H2,1-4H3,(H,38,41)(H,39,42)/t24-,25-,33+,34-/m1/s1. The van der Waals surface area contributed by atoms with Crippen molar-refractivity contribution >= 4 is 11.8 Å². The molecule has 0 fully saturated rings. The molecule has 0 spiro atoms. The number of ether oxygens (including phenoxy) is 2. The van der Waals surface area contributed by atoms with Gasteiger partial charge in [0.25, 0.3) is 11.8 Å². The highest BCUT2D eigenvalue weighted by atomic mass is 16.5. The van der Waals surface area contributed by atoms with Gasteiger partial charge in [0.2, 0.25) is 0 Å². The number of hydrogen-bond donors (Lipinski definition) is 4. The summed E-state index contributed by atoms with van der Waals surface area (Å²) in [6.07, 6.45) is -0.444. The van der Waals surface area contributed by atoms with Gasteiger partial charge in [-0.2, -0.15) is 0 Å². The molecule has 4 rings (SSSR count). The summed E-state index contributed by atoms with van der Waals surface area (Å²) in [5.41, 5.74) is 3.63. The van der Waals surface area contributed by atoms with E-state index in [1.165, 1.54) is 0 Å². The zero-order valence-corrected chi connectivity index (χ0v) is 25.6. The van der Waals surface area contributed by atoms with E-state index < -0.39 is 12.1 Å². The highest BCUT2D eigenvalue weighted by Crippen LogP contribution is 2.20. The van der Waals surface area contributed by atoms with Crippen molar-refractivity contribution < 1.29 is 24.2 Å². The molecule has 0 unspecified atom stereocenters. The van der Waals surface area contributed by atoms with Crippen LogP contribution in [-0.2, 0) is 6.42 Å². The van der Waals surface area contributed by atoms with E-state index in [9.17, 15) is 14.7 Å². The Labute approximate surface area is 259 Å². The first-order valence-electron chi connectivity index (χ1n) is 14.7. The first-order valence-corrected chi connectivity index (χ1v) is 14.7. The number of nitrogens with one attached hydrogen (secondary N) is 3. The number of carbonyl (C=O) groups excluding carboxylic acids is 2. The summed E-state index contributed by atoms with van der Waals surface area (Å²) < 4.78 is 10.5. The number of amides is 2. The number of rotatable bonds is 14. The molecule has 8 heteroatoms. The van der Waals surface area contributed by atoms with E-state index in [1.807, 2.05) is 92.7 Å². The van der Waals surface area contributed by atoms with Gasteiger partial charge in [-0.25, -0.2) is 0 Å². The van der Waals surface area contributed by atoms with E-state index in [4.69, 9.17) is 9.47 Å². The molecule has 0 aliphatic heterocycles. The first kappa shape index (κ1) is 32.3. The summed E-state index contributed by atoms with van der Waals surface area (Å²) >= 11 is 0. The summed E-state index contributed by atoms with van der Waals surface area (Å²) in [7, 11) is 3.23. The van der Waals surface area contributed by atoms with Crippen LogP contribution >= 0.6 is 0 Å². The maximum Gasteiger partial charge on any atom is 0.251 e. The van der Waals surface area contributed by atoms with Crippen molar-refractivity contribution in [2.45, 2.75) is 44.5 Å². The molecule has 4 atom stereocenters. The Morgan fingerprint density at radius 1 is 0.682 bits per heavy atom. The zero-order chi connectivity index (χ0) is 31.5. The van der Waals surface area contributed by atoms with Crippen LogP contribution in [0.1, 0.15) is 63.3 Å². The molecule has 0 heterocycles. The Hall–Kier alpha value is -4.66. The predicted molar refractivity (Wildman–Crippen MR) is 172 cm³/mol. The minimum atomic E-state index is -0.880. The van der Waals surface area contributed by atoms with Crippen LogP contribution in [0, 0.1) is 0 Å². The number of aliphatic hydroxyl groups excluding tert-OH is 1. The van der Waals surface area contributed by atoms with E-state index in [2.05, 4.69) is 16.0 Å². The van der Waals surface area contributed by atoms with Gasteiger partial charge in [0.1, 0.15) is 11.5 Å². The third-order valence-corrected chi connectivity index (χ3v) is 7.66. The quantitative estimate of drug-likeness (QED) is 0.159. The fraction of sp³-hybridized carbons (Fsp3) is 0.278. The number of aliphatic hydroxyl groups is 1. The molecule has 44 heavy (non-hydrogen) atoms. The maximum absolute atomic E-state index is 13.5. The molecule has 0 aromatic heterocycles. The van der Waals surface area contributed by atoms with Gasteiger partial charge < -0.3 is 30.5 Å². The van der Waals surface area contributed by atoms with Crippen LogP contribution in [0.5, 0.6) is 11.5 Å². The van der Waals surface area contributed by atoms with E-state index in [-0.39, 0.29) is 30.4 Å². The van der Waals surface area contributed by atoms with Gasteiger partial charge in [-0.05, 0) is 79.4 Å². The first-order chi connectivity index (χ1) is 21.3. The second kappa shape index (κ2) is 15.7. The SMILES string of the molecule is COc1ccc([C@@H](C)NC[C@@H](O)[C@H](Cc2ccccc2)NC(=O)c2cccc(C(=O)N[C@H](C)c3cccc(OC)c3)c2)cc1. The Kier molecular flexibility index (Phi) is 11.5. The van der Waals surface area contributed by atoms with Crippen LogP contribution in [-0.4, -0.2) is 49.8 Å². The lowest BCUT2D eigenvalue weighted by Gasteiger charge is -2.26. The van der Waals surface area contributed by atoms with Crippen molar-refractivity contribution in [2.24, 2.45) is 0 Å². The fourth-order valence-electron chi connectivity index (χ4n) is 4.93. The van der Waals surface area contributed by atoms with Gasteiger partial charge in [-0.15, -0.1) is 0 Å². The van der Waals surface area contributed by atoms with Crippen molar-refractivity contribution in [1.29, 1.82) is 0 Å². The lowest BCUT2D eigenvalue weighted by molar-refractivity contribution is 0.0825. The van der Waals surface area contributed by atoms with Crippen LogP contribution in [0.2, 0.25) is 0 Å². The maximum atomic E-state index is 13.5. The molecular formula is C36H41N3O5. The lowest BCUT2D eigenvalue weighted by atomic mass is 9.99. The molecule has 0 saturated carbocycles. The predicted octanol–water partition coefficient (Wildman–Crippen LogP) is 5.25. The second-order valence-electron chi connectivity index (χ2n) is 10.8. The number of carbonyl (C=O) groups is 2. The van der Waals surface area contributed by atoms with E-state index >= 15 is 0 Å². The topological polar surface area (TPSA) is 109 Å². The smallest absolute Gasteiger partial charge is 0.251 e. The van der Waals surface area contributed by atoms with E-state index in [0.29, 0.717) is 23.3 Å². The number of hydrogen-bond acceptors (Lipinski definition) is 6. The lowest BCUT2D eigenvalue weighted by Crippen LogP contribution is -2.49. The second-order valence-corrected chi connectivity index (χ2v) is 10.8. The fourth-order valence-corrected chi connectivity index (χ4v) is 4.93. The minimum absolute atomic E-state index is 0.0295. The van der Waals surface area contributed by atoms with Crippen LogP contribution in [0.3, 0.4) is 0 Å². The number of methoxy groups -OCH3 is 2. The van der Waals surface area contributed by atoms with Gasteiger partial charge in [-0.1, -0.05) is 60.7 Å². The Morgan fingerprint density at radius 3 is 1.98 bits per heavy atom. The van der Waals surface area contributed by atoms with Gasteiger partial charge in [0, 0.05) is 23.7 Å².